The Hall–Kier alpha value is -3.64. The van der Waals surface area contributed by atoms with Gasteiger partial charge in [0.25, 0.3) is 5.91 Å². The van der Waals surface area contributed by atoms with Crippen LogP contribution in [0.3, 0.4) is 0 Å². The van der Waals surface area contributed by atoms with Gasteiger partial charge in [-0.05, 0) is 23.8 Å². The Morgan fingerprint density at radius 1 is 0.968 bits per heavy atom. The molecule has 1 atom stereocenters. The number of benzene rings is 3. The Labute approximate surface area is 180 Å². The van der Waals surface area contributed by atoms with Gasteiger partial charge in [-0.3, -0.25) is 9.59 Å². The van der Waals surface area contributed by atoms with Gasteiger partial charge in [-0.1, -0.05) is 48.5 Å². The van der Waals surface area contributed by atoms with Crippen LogP contribution in [0.2, 0.25) is 0 Å². The predicted molar refractivity (Wildman–Crippen MR) is 116 cm³/mol. The van der Waals surface area contributed by atoms with Crippen molar-refractivity contribution in [3.05, 3.63) is 89.5 Å². The van der Waals surface area contributed by atoms with Gasteiger partial charge in [0.1, 0.15) is 11.5 Å². The summed E-state index contributed by atoms with van der Waals surface area (Å²) in [6, 6.07) is 21.4. The van der Waals surface area contributed by atoms with Crippen LogP contribution in [-0.2, 0) is 16.9 Å². The van der Waals surface area contributed by atoms with Crippen molar-refractivity contribution in [3.8, 4) is 11.5 Å². The molecule has 158 valence electrons. The van der Waals surface area contributed by atoms with Crippen LogP contribution in [0.15, 0.2) is 72.8 Å². The Morgan fingerprint density at radius 2 is 1.68 bits per heavy atom. The minimum atomic E-state index is -1.95. The molecule has 1 aliphatic heterocycles. The quantitative estimate of drug-likeness (QED) is 0.593. The first-order valence-electron chi connectivity index (χ1n) is 9.91. The number of rotatable bonds is 7. The summed E-state index contributed by atoms with van der Waals surface area (Å²) in [6.45, 7) is 0.305. The number of nitrogens with zero attached hydrogens (tertiary/aromatic N) is 1. The van der Waals surface area contributed by atoms with Crippen LogP contribution in [0.5, 0.6) is 11.5 Å². The SMILES string of the molecule is COc1ccc(C(=O)C[C@]2(O)C(=O)N(Cc3ccccc3)c3ccccc32)c(OC)c1. The van der Waals surface area contributed by atoms with Gasteiger partial charge in [0.15, 0.2) is 11.4 Å². The van der Waals surface area contributed by atoms with Gasteiger partial charge in [-0.15, -0.1) is 0 Å². The minimum absolute atomic E-state index is 0.281. The Balaban J connectivity index is 1.68. The number of Topliss-reactive ketones (excluding diaryl/α,β-unsaturated/α-hetero) is 1. The number of aliphatic hydroxyl groups is 1. The third-order valence-corrected chi connectivity index (χ3v) is 5.55. The number of carbonyl (C=O) groups is 2. The molecule has 0 unspecified atom stereocenters. The van der Waals surface area contributed by atoms with Crippen molar-refractivity contribution in [1.82, 2.24) is 0 Å². The number of ketones is 1. The van der Waals surface area contributed by atoms with Crippen molar-refractivity contribution in [1.29, 1.82) is 0 Å². The molecular weight excluding hydrogens is 394 g/mol. The van der Waals surface area contributed by atoms with E-state index >= 15 is 0 Å². The lowest BCUT2D eigenvalue weighted by atomic mass is 9.88. The highest BCUT2D eigenvalue weighted by Crippen LogP contribution is 2.44. The molecule has 0 bridgehead atoms. The zero-order valence-electron chi connectivity index (χ0n) is 17.4. The molecule has 6 heteroatoms. The van der Waals surface area contributed by atoms with Crippen LogP contribution in [0.25, 0.3) is 0 Å². The van der Waals surface area contributed by atoms with E-state index in [0.717, 1.165) is 5.56 Å². The van der Waals surface area contributed by atoms with Crippen molar-refractivity contribution < 1.29 is 24.2 Å². The number of para-hydroxylation sites is 1. The Bertz CT molecular complexity index is 1130. The molecule has 4 rings (SSSR count). The van der Waals surface area contributed by atoms with E-state index in [1.165, 1.54) is 19.1 Å². The fourth-order valence-corrected chi connectivity index (χ4v) is 3.96. The lowest BCUT2D eigenvalue weighted by molar-refractivity contribution is -0.136. The van der Waals surface area contributed by atoms with E-state index in [2.05, 4.69) is 0 Å². The van der Waals surface area contributed by atoms with Gasteiger partial charge < -0.3 is 19.5 Å². The Kier molecular flexibility index (Phi) is 5.48. The van der Waals surface area contributed by atoms with Crippen molar-refractivity contribution >= 4 is 17.4 Å². The second kappa shape index (κ2) is 8.24. The summed E-state index contributed by atoms with van der Waals surface area (Å²) in [4.78, 5) is 28.1. The van der Waals surface area contributed by atoms with Crippen LogP contribution < -0.4 is 14.4 Å². The summed E-state index contributed by atoms with van der Waals surface area (Å²) < 4.78 is 10.5. The topological polar surface area (TPSA) is 76.1 Å². The first kappa shape index (κ1) is 20.6. The Morgan fingerprint density at radius 3 is 2.39 bits per heavy atom. The third kappa shape index (κ3) is 3.66. The van der Waals surface area contributed by atoms with Crippen LogP contribution in [0.1, 0.15) is 27.9 Å². The zero-order valence-corrected chi connectivity index (χ0v) is 17.4. The molecule has 0 saturated heterocycles. The van der Waals surface area contributed by atoms with Crippen LogP contribution in [0, 0.1) is 0 Å². The molecule has 0 saturated carbocycles. The van der Waals surface area contributed by atoms with Gasteiger partial charge in [0.05, 0.1) is 38.4 Å². The van der Waals surface area contributed by atoms with Gasteiger partial charge in [0, 0.05) is 11.6 Å². The molecule has 31 heavy (non-hydrogen) atoms. The van der Waals surface area contributed by atoms with E-state index in [0.29, 0.717) is 29.3 Å². The molecule has 0 fully saturated rings. The smallest absolute Gasteiger partial charge is 0.264 e. The van der Waals surface area contributed by atoms with Crippen LogP contribution in [-0.4, -0.2) is 31.0 Å². The van der Waals surface area contributed by atoms with Crippen molar-refractivity contribution in [3.63, 3.8) is 0 Å². The predicted octanol–water partition coefficient (Wildman–Crippen LogP) is 3.71. The van der Waals surface area contributed by atoms with E-state index in [1.807, 2.05) is 36.4 Å². The number of hydrogen-bond acceptors (Lipinski definition) is 5. The first-order valence-corrected chi connectivity index (χ1v) is 9.91. The molecule has 0 aliphatic carbocycles. The summed E-state index contributed by atoms with van der Waals surface area (Å²) in [5, 5.41) is 11.5. The van der Waals surface area contributed by atoms with Gasteiger partial charge in [-0.2, -0.15) is 0 Å². The van der Waals surface area contributed by atoms with Gasteiger partial charge >= 0.3 is 0 Å². The molecule has 6 nitrogen and oxygen atoms in total. The van der Waals surface area contributed by atoms with Crippen molar-refractivity contribution in [2.45, 2.75) is 18.6 Å². The molecule has 1 N–H and O–H groups in total. The average molecular weight is 417 g/mol. The normalized spacial score (nSPS) is 17.4. The zero-order chi connectivity index (χ0) is 22.0. The minimum Gasteiger partial charge on any atom is -0.497 e. The largest absolute Gasteiger partial charge is 0.497 e. The second-order valence-electron chi connectivity index (χ2n) is 7.42. The lowest BCUT2D eigenvalue weighted by Crippen LogP contribution is -2.41. The summed E-state index contributed by atoms with van der Waals surface area (Å²) in [7, 11) is 2.98. The molecule has 1 amide bonds. The third-order valence-electron chi connectivity index (χ3n) is 5.55. The number of amides is 1. The lowest BCUT2D eigenvalue weighted by Gasteiger charge is -2.23. The summed E-state index contributed by atoms with van der Waals surface area (Å²) >= 11 is 0. The standard InChI is InChI=1S/C25H23NO5/c1-30-18-12-13-19(23(14-18)31-2)22(27)15-25(29)20-10-6-7-11-21(20)26(24(25)28)16-17-8-4-3-5-9-17/h3-14,29H,15-16H2,1-2H3/t25-/m1/s1. The monoisotopic (exact) mass is 417 g/mol. The molecule has 1 aliphatic rings. The molecular formula is C25H23NO5. The maximum Gasteiger partial charge on any atom is 0.264 e. The van der Waals surface area contributed by atoms with Gasteiger partial charge in [-0.25, -0.2) is 0 Å². The molecule has 1 heterocycles. The molecule has 3 aromatic carbocycles. The van der Waals surface area contributed by atoms with Crippen molar-refractivity contribution in [2.24, 2.45) is 0 Å². The van der Waals surface area contributed by atoms with E-state index < -0.39 is 23.7 Å². The number of carbonyl (C=O) groups excluding carboxylic acids is 2. The summed E-state index contributed by atoms with van der Waals surface area (Å²) in [5.41, 5.74) is 0.291. The first-order chi connectivity index (χ1) is 15.0. The molecule has 0 radical (unpaired) electrons. The number of ether oxygens (including phenoxy) is 2. The molecule has 0 aromatic heterocycles. The molecule has 0 spiro atoms. The second-order valence-corrected chi connectivity index (χ2v) is 7.42. The highest BCUT2D eigenvalue weighted by molar-refractivity contribution is 6.11. The number of methoxy groups -OCH3 is 2. The number of fused-ring (bicyclic) bond motifs is 1. The van der Waals surface area contributed by atoms with E-state index in [-0.39, 0.29) is 5.56 Å². The molecule has 3 aromatic rings. The van der Waals surface area contributed by atoms with Crippen LogP contribution in [0.4, 0.5) is 5.69 Å². The maximum absolute atomic E-state index is 13.4. The van der Waals surface area contributed by atoms with Crippen molar-refractivity contribution in [2.75, 3.05) is 19.1 Å². The fraction of sp³-hybridized carbons (Fsp3) is 0.200. The van der Waals surface area contributed by atoms with Gasteiger partial charge in [0.2, 0.25) is 0 Å². The highest BCUT2D eigenvalue weighted by Gasteiger charge is 2.50. The summed E-state index contributed by atoms with van der Waals surface area (Å²) in [6.07, 6.45) is -0.392. The van der Waals surface area contributed by atoms with Crippen LogP contribution >= 0.6 is 0 Å². The highest BCUT2D eigenvalue weighted by atomic mass is 16.5. The van der Waals surface area contributed by atoms with E-state index in [9.17, 15) is 14.7 Å². The van der Waals surface area contributed by atoms with E-state index in [1.54, 1.807) is 36.4 Å². The summed E-state index contributed by atoms with van der Waals surface area (Å²) in [5.74, 6) is -0.0404. The average Bonchev–Trinajstić information content (AvgIpc) is 3.01. The maximum atomic E-state index is 13.4. The number of hydrogen-bond donors (Lipinski definition) is 1. The van der Waals surface area contributed by atoms with E-state index in [4.69, 9.17) is 9.47 Å². The number of anilines is 1. The fourth-order valence-electron chi connectivity index (χ4n) is 3.96.